The largest absolute Gasteiger partial charge is 0.494 e. The Kier molecular flexibility index (Phi) is 8.16. The monoisotopic (exact) mass is 355 g/mol. The Labute approximate surface area is 156 Å². The van der Waals surface area contributed by atoms with E-state index in [1.165, 1.54) is 0 Å². The number of benzene rings is 2. The molecule has 4 nitrogen and oxygen atoms in total. The van der Waals surface area contributed by atoms with Gasteiger partial charge in [0.05, 0.1) is 19.8 Å². The summed E-state index contributed by atoms with van der Waals surface area (Å²) in [6.45, 7) is 7.58. The summed E-state index contributed by atoms with van der Waals surface area (Å²) < 4.78 is 11.5. The van der Waals surface area contributed by atoms with Crippen molar-refractivity contribution in [1.29, 1.82) is 0 Å². The Hall–Kier alpha value is -2.33. The van der Waals surface area contributed by atoms with Crippen LogP contribution >= 0.6 is 0 Å². The molecule has 2 aromatic carbocycles. The van der Waals surface area contributed by atoms with Crippen molar-refractivity contribution in [2.45, 2.75) is 52.9 Å². The van der Waals surface area contributed by atoms with Gasteiger partial charge in [0.2, 0.25) is 0 Å². The molecule has 26 heavy (non-hydrogen) atoms. The van der Waals surface area contributed by atoms with E-state index >= 15 is 0 Å². The lowest BCUT2D eigenvalue weighted by molar-refractivity contribution is 0.0936. The predicted molar refractivity (Wildman–Crippen MR) is 104 cm³/mol. The van der Waals surface area contributed by atoms with Crippen LogP contribution in [0.25, 0.3) is 0 Å². The molecule has 0 bridgehead atoms. The van der Waals surface area contributed by atoms with Crippen molar-refractivity contribution in [3.8, 4) is 5.75 Å². The van der Waals surface area contributed by atoms with Crippen LogP contribution < -0.4 is 10.1 Å². The summed E-state index contributed by atoms with van der Waals surface area (Å²) in [7, 11) is 0. The highest BCUT2D eigenvalue weighted by atomic mass is 16.5. The Bertz CT molecular complexity index is 685. The third-order valence-corrected chi connectivity index (χ3v) is 4.09. The summed E-state index contributed by atoms with van der Waals surface area (Å²) in [6.07, 6.45) is 2.01. The molecule has 0 radical (unpaired) electrons. The zero-order valence-electron chi connectivity index (χ0n) is 16.0. The maximum atomic E-state index is 12.5. The second-order valence-electron chi connectivity index (χ2n) is 6.40. The number of hydrogen-bond donors (Lipinski definition) is 1. The lowest BCUT2D eigenvalue weighted by atomic mass is 10.1. The zero-order chi connectivity index (χ0) is 18.8. The average Bonchev–Trinajstić information content (AvgIpc) is 2.64. The molecular weight excluding hydrogens is 326 g/mol. The van der Waals surface area contributed by atoms with E-state index in [1.54, 1.807) is 6.07 Å². The molecule has 1 amide bonds. The fraction of sp³-hybridized carbons (Fsp3) is 0.409. The quantitative estimate of drug-likeness (QED) is 0.671. The molecule has 140 valence electrons. The first-order valence-electron chi connectivity index (χ1n) is 9.32. The summed E-state index contributed by atoms with van der Waals surface area (Å²) in [4.78, 5) is 12.5. The van der Waals surface area contributed by atoms with Crippen LogP contribution in [0.2, 0.25) is 0 Å². The van der Waals surface area contributed by atoms with Crippen molar-refractivity contribution in [2.75, 3.05) is 6.61 Å². The molecule has 2 aromatic rings. The summed E-state index contributed by atoms with van der Waals surface area (Å²) in [5, 5.41) is 3.04. The maximum absolute atomic E-state index is 12.5. The van der Waals surface area contributed by atoms with E-state index < -0.39 is 0 Å². The van der Waals surface area contributed by atoms with Gasteiger partial charge in [-0.1, -0.05) is 43.7 Å². The van der Waals surface area contributed by atoms with E-state index in [2.05, 4.69) is 12.2 Å². The van der Waals surface area contributed by atoms with Gasteiger partial charge in [-0.25, -0.2) is 0 Å². The second kappa shape index (κ2) is 10.6. The Morgan fingerprint density at radius 3 is 2.54 bits per heavy atom. The van der Waals surface area contributed by atoms with Crippen molar-refractivity contribution in [3.63, 3.8) is 0 Å². The highest BCUT2D eigenvalue weighted by Crippen LogP contribution is 2.22. The van der Waals surface area contributed by atoms with Crippen LogP contribution in [0.1, 0.15) is 55.1 Å². The lowest BCUT2D eigenvalue weighted by Gasteiger charge is -2.15. The van der Waals surface area contributed by atoms with Gasteiger partial charge in [0, 0.05) is 17.2 Å². The van der Waals surface area contributed by atoms with Gasteiger partial charge in [-0.15, -0.1) is 0 Å². The molecule has 0 aromatic heterocycles. The van der Waals surface area contributed by atoms with E-state index in [4.69, 9.17) is 9.47 Å². The Morgan fingerprint density at radius 1 is 1.08 bits per heavy atom. The van der Waals surface area contributed by atoms with E-state index in [0.717, 1.165) is 29.7 Å². The van der Waals surface area contributed by atoms with Gasteiger partial charge < -0.3 is 14.8 Å². The van der Waals surface area contributed by atoms with Crippen LogP contribution in [-0.2, 0) is 18.0 Å². The highest BCUT2D eigenvalue weighted by molar-refractivity contribution is 5.94. The molecule has 0 saturated carbocycles. The molecular formula is C22H29NO3. The Balaban J connectivity index is 2.05. The molecule has 0 saturated heterocycles. The molecule has 0 fully saturated rings. The topological polar surface area (TPSA) is 47.6 Å². The molecule has 0 aliphatic rings. The molecule has 1 N–H and O–H groups in total. The number of carbonyl (C=O) groups is 1. The zero-order valence-corrected chi connectivity index (χ0v) is 16.0. The molecule has 2 rings (SSSR count). The van der Waals surface area contributed by atoms with Crippen molar-refractivity contribution in [2.24, 2.45) is 0 Å². The highest BCUT2D eigenvalue weighted by Gasteiger charge is 2.13. The second-order valence-corrected chi connectivity index (χ2v) is 6.40. The summed E-state index contributed by atoms with van der Waals surface area (Å²) in [5.41, 5.74) is 2.64. The van der Waals surface area contributed by atoms with Crippen molar-refractivity contribution >= 4 is 5.91 Å². The maximum Gasteiger partial charge on any atom is 0.251 e. The van der Waals surface area contributed by atoms with Crippen LogP contribution in [0.5, 0.6) is 5.75 Å². The van der Waals surface area contributed by atoms with Crippen molar-refractivity contribution in [1.82, 2.24) is 5.32 Å². The molecule has 4 heteroatoms. The minimum absolute atomic E-state index is 0.0571. The van der Waals surface area contributed by atoms with Crippen molar-refractivity contribution in [3.05, 3.63) is 65.2 Å². The summed E-state index contributed by atoms with van der Waals surface area (Å²) in [5.74, 6) is 0.706. The van der Waals surface area contributed by atoms with Gasteiger partial charge in [0.1, 0.15) is 5.75 Å². The first-order valence-corrected chi connectivity index (χ1v) is 9.32. The van der Waals surface area contributed by atoms with Crippen LogP contribution in [0.4, 0.5) is 0 Å². The van der Waals surface area contributed by atoms with E-state index in [9.17, 15) is 4.79 Å². The van der Waals surface area contributed by atoms with Gasteiger partial charge in [-0.2, -0.15) is 0 Å². The van der Waals surface area contributed by atoms with Gasteiger partial charge in [-0.3, -0.25) is 4.79 Å². The average molecular weight is 355 g/mol. The number of hydrogen-bond acceptors (Lipinski definition) is 3. The van der Waals surface area contributed by atoms with Gasteiger partial charge in [0.25, 0.3) is 5.91 Å². The van der Waals surface area contributed by atoms with E-state index in [1.807, 2.05) is 56.3 Å². The molecule has 0 spiro atoms. The number of carbonyl (C=O) groups excluding carboxylic acids is 1. The van der Waals surface area contributed by atoms with Crippen LogP contribution in [0.15, 0.2) is 48.5 Å². The fourth-order valence-electron chi connectivity index (χ4n) is 2.80. The van der Waals surface area contributed by atoms with Crippen LogP contribution in [0.3, 0.4) is 0 Å². The number of ether oxygens (including phenoxy) is 2. The molecule has 0 aliphatic carbocycles. The smallest absolute Gasteiger partial charge is 0.251 e. The third kappa shape index (κ3) is 6.19. The first kappa shape index (κ1) is 20.0. The molecule has 0 heterocycles. The number of nitrogens with one attached hydrogen (secondary N) is 1. The minimum Gasteiger partial charge on any atom is -0.494 e. The van der Waals surface area contributed by atoms with Gasteiger partial charge >= 0.3 is 0 Å². The van der Waals surface area contributed by atoms with Crippen LogP contribution in [0, 0.1) is 0 Å². The molecule has 0 unspecified atom stereocenters. The fourth-order valence-corrected chi connectivity index (χ4v) is 2.80. The lowest BCUT2D eigenvalue weighted by Crippen LogP contribution is -2.32. The molecule has 1 atom stereocenters. The van der Waals surface area contributed by atoms with Gasteiger partial charge in [-0.05, 0) is 44.0 Å². The van der Waals surface area contributed by atoms with E-state index in [-0.39, 0.29) is 11.9 Å². The molecule has 0 aliphatic heterocycles. The summed E-state index contributed by atoms with van der Waals surface area (Å²) >= 11 is 0. The minimum atomic E-state index is -0.0571. The summed E-state index contributed by atoms with van der Waals surface area (Å²) in [6, 6.07) is 15.7. The van der Waals surface area contributed by atoms with E-state index in [0.29, 0.717) is 25.4 Å². The van der Waals surface area contributed by atoms with Crippen molar-refractivity contribution < 1.29 is 14.3 Å². The predicted octanol–water partition coefficient (Wildman–Crippen LogP) is 4.72. The Morgan fingerprint density at radius 2 is 1.85 bits per heavy atom. The first-order chi connectivity index (χ1) is 12.6. The number of rotatable bonds is 10. The normalized spacial score (nSPS) is 11.8. The standard InChI is InChI=1S/C22H29NO3/c1-4-9-17(3)23-22(24)19-12-13-21(26-5-2)20(14-19)16-25-15-18-10-7-6-8-11-18/h6-8,10-14,17H,4-5,9,15-16H2,1-3H3,(H,23,24)/t17-/m1/s1. The third-order valence-electron chi connectivity index (χ3n) is 4.09. The van der Waals surface area contributed by atoms with Crippen LogP contribution in [-0.4, -0.2) is 18.6 Å². The SMILES string of the molecule is CCC[C@@H](C)NC(=O)c1ccc(OCC)c(COCc2ccccc2)c1. The van der Waals surface area contributed by atoms with Gasteiger partial charge in [0.15, 0.2) is 0 Å². The number of amides is 1.